The number of hydrogen-bond donors (Lipinski definition) is 1. The maximum atomic E-state index is 11.7. The lowest BCUT2D eigenvalue weighted by molar-refractivity contribution is -0.147. The molecule has 0 saturated carbocycles. The van der Waals surface area contributed by atoms with E-state index in [9.17, 15) is 9.59 Å². The zero-order valence-corrected chi connectivity index (χ0v) is 10.1. The molecule has 16 heavy (non-hydrogen) atoms. The number of nitrogens with zero attached hydrogens (tertiary/aromatic N) is 1. The number of amides is 1. The van der Waals surface area contributed by atoms with Gasteiger partial charge in [-0.15, -0.1) is 0 Å². The molecule has 0 bridgehead atoms. The minimum atomic E-state index is -0.776. The van der Waals surface area contributed by atoms with Crippen molar-refractivity contribution >= 4 is 11.9 Å². The predicted molar refractivity (Wildman–Crippen MR) is 61.0 cm³/mol. The Morgan fingerprint density at radius 2 is 2.12 bits per heavy atom. The van der Waals surface area contributed by atoms with Crippen LogP contribution in [-0.2, 0) is 9.59 Å². The Kier molecular flexibility index (Phi) is 4.77. The summed E-state index contributed by atoms with van der Waals surface area (Å²) in [6, 6.07) is 0. The second-order valence-electron chi connectivity index (χ2n) is 4.56. The third kappa shape index (κ3) is 3.22. The molecule has 4 heteroatoms. The molecule has 0 aromatic heterocycles. The summed E-state index contributed by atoms with van der Waals surface area (Å²) < 4.78 is 0. The number of piperidine rings is 1. The molecule has 0 aromatic carbocycles. The highest BCUT2D eigenvalue weighted by Crippen LogP contribution is 2.20. The molecular weight excluding hydrogens is 206 g/mol. The van der Waals surface area contributed by atoms with Crippen molar-refractivity contribution in [3.05, 3.63) is 0 Å². The van der Waals surface area contributed by atoms with Crippen molar-refractivity contribution in [3.8, 4) is 0 Å². The number of rotatable bonds is 5. The lowest BCUT2D eigenvalue weighted by Gasteiger charge is -2.33. The summed E-state index contributed by atoms with van der Waals surface area (Å²) in [4.78, 5) is 24.3. The summed E-state index contributed by atoms with van der Waals surface area (Å²) in [6.07, 6.45) is 2.96. The average molecular weight is 227 g/mol. The van der Waals surface area contributed by atoms with E-state index in [0.717, 1.165) is 19.4 Å². The van der Waals surface area contributed by atoms with Gasteiger partial charge < -0.3 is 10.0 Å². The van der Waals surface area contributed by atoms with Crippen molar-refractivity contribution in [2.24, 2.45) is 11.8 Å². The Balaban J connectivity index is 2.55. The van der Waals surface area contributed by atoms with E-state index in [1.54, 1.807) is 4.90 Å². The van der Waals surface area contributed by atoms with Crippen LogP contribution in [0.3, 0.4) is 0 Å². The topological polar surface area (TPSA) is 57.6 Å². The smallest absolute Gasteiger partial charge is 0.308 e. The molecule has 0 aromatic rings. The van der Waals surface area contributed by atoms with Gasteiger partial charge in [-0.1, -0.05) is 26.7 Å². The Morgan fingerprint density at radius 1 is 1.50 bits per heavy atom. The lowest BCUT2D eigenvalue weighted by Crippen LogP contribution is -2.44. The van der Waals surface area contributed by atoms with Crippen LogP contribution in [0, 0.1) is 11.8 Å². The van der Waals surface area contributed by atoms with Crippen molar-refractivity contribution in [3.63, 3.8) is 0 Å². The van der Waals surface area contributed by atoms with Crippen LogP contribution in [-0.4, -0.2) is 35.0 Å². The monoisotopic (exact) mass is 227 g/mol. The van der Waals surface area contributed by atoms with Crippen molar-refractivity contribution < 1.29 is 14.7 Å². The van der Waals surface area contributed by atoms with Gasteiger partial charge in [0, 0.05) is 19.5 Å². The van der Waals surface area contributed by atoms with Gasteiger partial charge in [-0.25, -0.2) is 0 Å². The number of carboxylic acids is 1. The van der Waals surface area contributed by atoms with Crippen LogP contribution in [0.2, 0.25) is 0 Å². The summed E-state index contributed by atoms with van der Waals surface area (Å²) >= 11 is 0. The van der Waals surface area contributed by atoms with Crippen LogP contribution in [0.15, 0.2) is 0 Å². The summed E-state index contributed by atoms with van der Waals surface area (Å²) in [7, 11) is 0. The van der Waals surface area contributed by atoms with Crippen LogP contribution < -0.4 is 0 Å². The Bertz CT molecular complexity index is 261. The van der Waals surface area contributed by atoms with Gasteiger partial charge in [-0.2, -0.15) is 0 Å². The maximum absolute atomic E-state index is 11.7. The molecule has 1 unspecified atom stereocenters. The van der Waals surface area contributed by atoms with Gasteiger partial charge in [0.1, 0.15) is 0 Å². The highest BCUT2D eigenvalue weighted by Gasteiger charge is 2.30. The van der Waals surface area contributed by atoms with Crippen molar-refractivity contribution in [1.29, 1.82) is 0 Å². The first-order valence-corrected chi connectivity index (χ1v) is 6.09. The molecule has 1 rings (SSSR count). The van der Waals surface area contributed by atoms with E-state index in [1.807, 2.05) is 0 Å². The van der Waals surface area contributed by atoms with E-state index in [2.05, 4.69) is 13.8 Å². The molecule has 1 atom stereocenters. The Morgan fingerprint density at radius 3 is 2.62 bits per heavy atom. The third-order valence-electron chi connectivity index (χ3n) is 3.48. The van der Waals surface area contributed by atoms with E-state index in [1.165, 1.54) is 0 Å². The molecule has 0 radical (unpaired) electrons. The number of likely N-dealkylation sites (tertiary alicyclic amines) is 1. The molecule has 1 N–H and O–H groups in total. The molecule has 0 aliphatic carbocycles. The number of aliphatic carboxylic acids is 1. The largest absolute Gasteiger partial charge is 0.481 e. The van der Waals surface area contributed by atoms with Gasteiger partial charge in [0.15, 0.2) is 0 Å². The van der Waals surface area contributed by atoms with Gasteiger partial charge >= 0.3 is 5.97 Å². The van der Waals surface area contributed by atoms with Crippen molar-refractivity contribution in [2.45, 2.75) is 39.5 Å². The lowest BCUT2D eigenvalue weighted by atomic mass is 9.95. The third-order valence-corrected chi connectivity index (χ3v) is 3.48. The van der Waals surface area contributed by atoms with Gasteiger partial charge in [0.2, 0.25) is 5.91 Å². The van der Waals surface area contributed by atoms with Crippen LogP contribution >= 0.6 is 0 Å². The minimum absolute atomic E-state index is 0.115. The van der Waals surface area contributed by atoms with Crippen LogP contribution in [0.5, 0.6) is 0 Å². The van der Waals surface area contributed by atoms with Gasteiger partial charge in [0.25, 0.3) is 0 Å². The summed E-state index contributed by atoms with van der Waals surface area (Å²) in [5, 5.41) is 8.95. The number of carboxylic acid groups (broad SMARTS) is 1. The van der Waals surface area contributed by atoms with E-state index in [0.29, 0.717) is 25.3 Å². The summed E-state index contributed by atoms with van der Waals surface area (Å²) in [5.41, 5.74) is 0. The van der Waals surface area contributed by atoms with Crippen LogP contribution in [0.1, 0.15) is 39.5 Å². The highest BCUT2D eigenvalue weighted by atomic mass is 16.4. The zero-order chi connectivity index (χ0) is 12.1. The molecule has 1 heterocycles. The fourth-order valence-corrected chi connectivity index (χ4v) is 2.15. The number of carbonyl (C=O) groups is 2. The minimum Gasteiger partial charge on any atom is -0.481 e. The van der Waals surface area contributed by atoms with Crippen LogP contribution in [0.4, 0.5) is 0 Å². The molecule has 1 amide bonds. The quantitative estimate of drug-likeness (QED) is 0.778. The standard InChI is InChI=1S/C12H21NO3/c1-3-9(4-2)7-13-8-10(12(15)16)5-6-11(13)14/h9-10H,3-8H2,1-2H3,(H,15,16). The zero-order valence-electron chi connectivity index (χ0n) is 10.1. The molecule has 1 fully saturated rings. The molecule has 4 nitrogen and oxygen atoms in total. The fraction of sp³-hybridized carbons (Fsp3) is 0.833. The molecule has 1 aliphatic heterocycles. The second-order valence-corrected chi connectivity index (χ2v) is 4.56. The maximum Gasteiger partial charge on any atom is 0.308 e. The van der Waals surface area contributed by atoms with Crippen molar-refractivity contribution in [1.82, 2.24) is 4.90 Å². The predicted octanol–water partition coefficient (Wildman–Crippen LogP) is 1.75. The van der Waals surface area contributed by atoms with Crippen LogP contribution in [0.25, 0.3) is 0 Å². The van der Waals surface area contributed by atoms with Gasteiger partial charge in [-0.3, -0.25) is 9.59 Å². The Labute approximate surface area is 96.6 Å². The van der Waals surface area contributed by atoms with E-state index in [-0.39, 0.29) is 11.8 Å². The second kappa shape index (κ2) is 5.87. The molecule has 0 spiro atoms. The molecular formula is C12H21NO3. The fourth-order valence-electron chi connectivity index (χ4n) is 2.15. The van der Waals surface area contributed by atoms with E-state index >= 15 is 0 Å². The molecule has 1 aliphatic rings. The first kappa shape index (κ1) is 13.0. The first-order chi connectivity index (χ1) is 7.58. The normalized spacial score (nSPS) is 21.6. The molecule has 92 valence electrons. The first-order valence-electron chi connectivity index (χ1n) is 6.09. The van der Waals surface area contributed by atoms with Crippen molar-refractivity contribution in [2.75, 3.05) is 13.1 Å². The average Bonchev–Trinajstić information content (AvgIpc) is 2.27. The highest BCUT2D eigenvalue weighted by molar-refractivity contribution is 5.80. The Hall–Kier alpha value is -1.06. The van der Waals surface area contributed by atoms with E-state index < -0.39 is 5.97 Å². The SMILES string of the molecule is CCC(CC)CN1CC(C(=O)O)CCC1=O. The number of carbonyl (C=O) groups excluding carboxylic acids is 1. The summed E-state index contributed by atoms with van der Waals surface area (Å²) in [6.45, 7) is 5.33. The molecule has 1 saturated heterocycles. The number of hydrogen-bond acceptors (Lipinski definition) is 2. The van der Waals surface area contributed by atoms with Gasteiger partial charge in [0.05, 0.1) is 5.92 Å². The van der Waals surface area contributed by atoms with E-state index in [4.69, 9.17) is 5.11 Å². The van der Waals surface area contributed by atoms with Gasteiger partial charge in [-0.05, 0) is 12.3 Å². The summed E-state index contributed by atoms with van der Waals surface area (Å²) in [5.74, 6) is -0.532.